The molecular weight excluding hydrogens is 238 g/mol. The molecule has 2 rings (SSSR count). The van der Waals surface area contributed by atoms with Crippen molar-refractivity contribution < 1.29 is 9.47 Å². The van der Waals surface area contributed by atoms with E-state index in [1.54, 1.807) is 7.11 Å². The normalized spacial score (nSPS) is 16.5. The highest BCUT2D eigenvalue weighted by molar-refractivity contribution is 5.36. The average Bonchev–Trinajstić information content (AvgIpc) is 2.48. The van der Waals surface area contributed by atoms with Crippen LogP contribution in [0.1, 0.15) is 43.2 Å². The Kier molecular flexibility index (Phi) is 5.67. The van der Waals surface area contributed by atoms with Gasteiger partial charge < -0.3 is 15.2 Å². The summed E-state index contributed by atoms with van der Waals surface area (Å²) in [5.74, 6) is 1.64. The van der Waals surface area contributed by atoms with Crippen molar-refractivity contribution in [3.8, 4) is 5.75 Å². The first kappa shape index (κ1) is 14.4. The molecule has 3 nitrogen and oxygen atoms in total. The largest absolute Gasteiger partial charge is 0.496 e. The van der Waals surface area contributed by atoms with Crippen molar-refractivity contribution in [3.63, 3.8) is 0 Å². The van der Waals surface area contributed by atoms with Gasteiger partial charge >= 0.3 is 0 Å². The van der Waals surface area contributed by atoms with E-state index < -0.39 is 0 Å². The van der Waals surface area contributed by atoms with Gasteiger partial charge in [0.15, 0.2) is 0 Å². The van der Waals surface area contributed by atoms with Crippen LogP contribution in [-0.4, -0.2) is 13.7 Å². The summed E-state index contributed by atoms with van der Waals surface area (Å²) in [6.07, 6.45) is 6.75. The summed E-state index contributed by atoms with van der Waals surface area (Å²) in [5.41, 5.74) is 7.89. The maximum absolute atomic E-state index is 5.88. The van der Waals surface area contributed by atoms with Crippen molar-refractivity contribution in [3.05, 3.63) is 29.3 Å². The van der Waals surface area contributed by atoms with Crippen LogP contribution in [0.15, 0.2) is 18.2 Å². The molecule has 3 heteroatoms. The molecule has 1 saturated carbocycles. The van der Waals surface area contributed by atoms with Crippen molar-refractivity contribution in [2.45, 2.75) is 45.3 Å². The fourth-order valence-electron chi connectivity index (χ4n) is 2.76. The quantitative estimate of drug-likeness (QED) is 0.857. The molecule has 1 aromatic rings. The van der Waals surface area contributed by atoms with E-state index in [2.05, 4.69) is 6.07 Å². The summed E-state index contributed by atoms with van der Waals surface area (Å²) in [5, 5.41) is 0. The topological polar surface area (TPSA) is 44.5 Å². The SMILES string of the molecule is COc1ccc(CN)cc1COCC1CCCCC1. The number of methoxy groups -OCH3 is 1. The second-order valence-corrected chi connectivity index (χ2v) is 5.37. The molecule has 0 atom stereocenters. The van der Waals surface area contributed by atoms with Crippen LogP contribution in [0.3, 0.4) is 0 Å². The van der Waals surface area contributed by atoms with Gasteiger partial charge in [0, 0.05) is 18.7 Å². The van der Waals surface area contributed by atoms with Crippen LogP contribution in [0.5, 0.6) is 5.75 Å². The molecule has 0 unspecified atom stereocenters. The lowest BCUT2D eigenvalue weighted by molar-refractivity contribution is 0.0727. The number of hydrogen-bond acceptors (Lipinski definition) is 3. The number of hydrogen-bond donors (Lipinski definition) is 1. The zero-order chi connectivity index (χ0) is 13.5. The van der Waals surface area contributed by atoms with Crippen LogP contribution >= 0.6 is 0 Å². The van der Waals surface area contributed by atoms with Gasteiger partial charge in [-0.15, -0.1) is 0 Å². The van der Waals surface area contributed by atoms with Gasteiger partial charge in [-0.25, -0.2) is 0 Å². The Labute approximate surface area is 116 Å². The first-order valence-corrected chi connectivity index (χ1v) is 7.27. The molecule has 0 aromatic heterocycles. The summed E-state index contributed by atoms with van der Waals surface area (Å²) >= 11 is 0. The highest BCUT2D eigenvalue weighted by Gasteiger charge is 2.13. The van der Waals surface area contributed by atoms with E-state index in [0.29, 0.717) is 13.2 Å². The van der Waals surface area contributed by atoms with E-state index in [1.807, 2.05) is 12.1 Å². The molecule has 0 bridgehead atoms. The maximum atomic E-state index is 5.88. The lowest BCUT2D eigenvalue weighted by atomic mass is 9.90. The van der Waals surface area contributed by atoms with E-state index in [1.165, 1.54) is 32.1 Å². The summed E-state index contributed by atoms with van der Waals surface area (Å²) in [6.45, 7) is 2.04. The number of benzene rings is 1. The molecule has 0 aliphatic heterocycles. The Hall–Kier alpha value is -1.06. The van der Waals surface area contributed by atoms with Crippen LogP contribution in [0.4, 0.5) is 0 Å². The molecule has 1 aromatic carbocycles. The fraction of sp³-hybridized carbons (Fsp3) is 0.625. The average molecular weight is 263 g/mol. The molecule has 2 N–H and O–H groups in total. The first-order valence-electron chi connectivity index (χ1n) is 7.27. The van der Waals surface area contributed by atoms with E-state index in [9.17, 15) is 0 Å². The van der Waals surface area contributed by atoms with Crippen molar-refractivity contribution in [2.24, 2.45) is 11.7 Å². The minimum absolute atomic E-state index is 0.555. The second-order valence-electron chi connectivity index (χ2n) is 5.37. The van der Waals surface area contributed by atoms with Crippen LogP contribution in [0, 0.1) is 5.92 Å². The van der Waals surface area contributed by atoms with Crippen LogP contribution in [0.25, 0.3) is 0 Å². The highest BCUT2D eigenvalue weighted by atomic mass is 16.5. The molecule has 106 valence electrons. The lowest BCUT2D eigenvalue weighted by Crippen LogP contribution is -2.13. The van der Waals surface area contributed by atoms with E-state index in [0.717, 1.165) is 29.4 Å². The third-order valence-electron chi connectivity index (χ3n) is 3.92. The summed E-state index contributed by atoms with van der Waals surface area (Å²) < 4.78 is 11.2. The molecule has 0 radical (unpaired) electrons. The molecule has 0 spiro atoms. The summed E-state index contributed by atoms with van der Waals surface area (Å²) in [6, 6.07) is 6.06. The zero-order valence-electron chi connectivity index (χ0n) is 11.9. The predicted molar refractivity (Wildman–Crippen MR) is 77.1 cm³/mol. The third kappa shape index (κ3) is 4.22. The minimum atomic E-state index is 0.555. The Morgan fingerprint density at radius 3 is 2.68 bits per heavy atom. The second kappa shape index (κ2) is 7.51. The van der Waals surface area contributed by atoms with Gasteiger partial charge in [-0.1, -0.05) is 25.3 Å². The van der Waals surface area contributed by atoms with Crippen molar-refractivity contribution in [1.29, 1.82) is 0 Å². The number of ether oxygens (including phenoxy) is 2. The van der Waals surface area contributed by atoms with E-state index in [-0.39, 0.29) is 0 Å². The van der Waals surface area contributed by atoms with Crippen molar-refractivity contribution in [2.75, 3.05) is 13.7 Å². The number of nitrogens with two attached hydrogens (primary N) is 1. The van der Waals surface area contributed by atoms with Gasteiger partial charge in [-0.2, -0.15) is 0 Å². The molecule has 19 heavy (non-hydrogen) atoms. The Morgan fingerprint density at radius 2 is 2.00 bits per heavy atom. The van der Waals surface area contributed by atoms with Crippen LogP contribution < -0.4 is 10.5 Å². The summed E-state index contributed by atoms with van der Waals surface area (Å²) in [7, 11) is 1.70. The smallest absolute Gasteiger partial charge is 0.124 e. The maximum Gasteiger partial charge on any atom is 0.124 e. The van der Waals surface area contributed by atoms with Gasteiger partial charge in [0.2, 0.25) is 0 Å². The number of rotatable bonds is 6. The monoisotopic (exact) mass is 263 g/mol. The molecule has 1 fully saturated rings. The van der Waals surface area contributed by atoms with E-state index in [4.69, 9.17) is 15.2 Å². The first-order chi connectivity index (χ1) is 9.33. The zero-order valence-corrected chi connectivity index (χ0v) is 11.9. The van der Waals surface area contributed by atoms with Gasteiger partial charge in [0.1, 0.15) is 5.75 Å². The van der Waals surface area contributed by atoms with Gasteiger partial charge in [0.05, 0.1) is 13.7 Å². The Bertz CT molecular complexity index is 386. The lowest BCUT2D eigenvalue weighted by Gasteiger charge is -2.21. The van der Waals surface area contributed by atoms with Crippen LogP contribution in [0.2, 0.25) is 0 Å². The molecule has 1 aliphatic rings. The predicted octanol–water partition coefficient (Wildman–Crippen LogP) is 3.25. The Morgan fingerprint density at radius 1 is 1.21 bits per heavy atom. The molecular formula is C16H25NO2. The fourth-order valence-corrected chi connectivity index (χ4v) is 2.76. The minimum Gasteiger partial charge on any atom is -0.496 e. The molecule has 0 heterocycles. The molecule has 0 saturated heterocycles. The van der Waals surface area contributed by atoms with Gasteiger partial charge in [-0.05, 0) is 36.5 Å². The van der Waals surface area contributed by atoms with Crippen molar-refractivity contribution >= 4 is 0 Å². The van der Waals surface area contributed by atoms with Gasteiger partial charge in [-0.3, -0.25) is 0 Å². The third-order valence-corrected chi connectivity index (χ3v) is 3.92. The highest BCUT2D eigenvalue weighted by Crippen LogP contribution is 2.25. The van der Waals surface area contributed by atoms with Gasteiger partial charge in [0.25, 0.3) is 0 Å². The Balaban J connectivity index is 1.86. The van der Waals surface area contributed by atoms with Crippen molar-refractivity contribution in [1.82, 2.24) is 0 Å². The standard InChI is InChI=1S/C16H25NO2/c1-18-16-8-7-14(10-17)9-15(16)12-19-11-13-5-3-2-4-6-13/h7-9,13H,2-6,10-12,17H2,1H3. The molecule has 1 aliphatic carbocycles. The summed E-state index contributed by atoms with van der Waals surface area (Å²) in [4.78, 5) is 0. The van der Waals surface area contributed by atoms with Crippen LogP contribution in [-0.2, 0) is 17.9 Å². The van der Waals surface area contributed by atoms with E-state index >= 15 is 0 Å². The molecule has 0 amide bonds.